The Hall–Kier alpha value is 0.322. The van der Waals surface area contributed by atoms with Gasteiger partial charge >= 0.3 is 5.97 Å². The van der Waals surface area contributed by atoms with Gasteiger partial charge in [-0.25, -0.2) is 0 Å². The molecule has 6 nitrogen and oxygen atoms in total. The standard InChI is InChI=1S/C21H30O6S.Ac/c1-5-24-17(22)11-15-18(20(23)28-14-9-7-6-8-10-14)13(2)19(26-15)16-12-25-21(3,4)27-16;/h6-10,13,15-16,18-20,23H,5,11-12H2,1-4H3;. The number of rotatable bonds is 7. The molecule has 0 saturated carbocycles. The summed E-state index contributed by atoms with van der Waals surface area (Å²) < 4.78 is 23.1. The second-order valence-corrected chi connectivity index (χ2v) is 8.96. The van der Waals surface area contributed by atoms with Gasteiger partial charge in [0, 0.05) is 54.9 Å². The van der Waals surface area contributed by atoms with E-state index in [0.717, 1.165) is 4.90 Å². The van der Waals surface area contributed by atoms with Crippen molar-refractivity contribution in [1.82, 2.24) is 0 Å². The van der Waals surface area contributed by atoms with Gasteiger partial charge in [0.05, 0.1) is 31.8 Å². The molecule has 3 rings (SSSR count). The van der Waals surface area contributed by atoms with Crippen LogP contribution in [0.2, 0.25) is 0 Å². The van der Waals surface area contributed by atoms with Crippen LogP contribution in [0, 0.1) is 55.9 Å². The van der Waals surface area contributed by atoms with Gasteiger partial charge in [-0.3, -0.25) is 4.79 Å². The molecule has 1 N–H and O–H groups in total. The molecule has 1 aromatic rings. The fourth-order valence-electron chi connectivity index (χ4n) is 4.01. The Kier molecular flexibility index (Phi) is 9.94. The first-order valence-corrected chi connectivity index (χ1v) is 10.7. The molecule has 6 atom stereocenters. The van der Waals surface area contributed by atoms with E-state index < -0.39 is 17.3 Å². The molecule has 2 saturated heterocycles. The molecule has 0 amide bonds. The number of benzene rings is 1. The van der Waals surface area contributed by atoms with E-state index in [2.05, 4.69) is 0 Å². The summed E-state index contributed by atoms with van der Waals surface area (Å²) >= 11 is 1.38. The molecule has 6 unspecified atom stereocenters. The molecule has 159 valence electrons. The third-order valence-electron chi connectivity index (χ3n) is 5.29. The van der Waals surface area contributed by atoms with Gasteiger partial charge in [-0.1, -0.05) is 36.9 Å². The second kappa shape index (κ2) is 11.3. The third kappa shape index (κ3) is 6.65. The van der Waals surface area contributed by atoms with Gasteiger partial charge in [0.25, 0.3) is 0 Å². The first-order valence-electron chi connectivity index (χ1n) is 9.83. The molecule has 2 aliphatic rings. The van der Waals surface area contributed by atoms with E-state index in [9.17, 15) is 9.90 Å². The number of thioether (sulfide) groups is 1. The first-order chi connectivity index (χ1) is 13.3. The molecular weight excluding hydrogens is 607 g/mol. The number of aliphatic hydroxyl groups excluding tert-OH is 1. The molecule has 1 aromatic carbocycles. The molecule has 2 aliphatic heterocycles. The minimum Gasteiger partial charge on any atom is -0.466 e. The van der Waals surface area contributed by atoms with Crippen LogP contribution in [0.5, 0.6) is 0 Å². The van der Waals surface area contributed by atoms with E-state index in [0.29, 0.717) is 13.2 Å². The molecule has 1 radical (unpaired) electrons. The van der Waals surface area contributed by atoms with E-state index >= 15 is 0 Å². The van der Waals surface area contributed by atoms with Crippen LogP contribution in [0.3, 0.4) is 0 Å². The Morgan fingerprint density at radius 1 is 1.34 bits per heavy atom. The second-order valence-electron chi connectivity index (χ2n) is 7.77. The number of aliphatic hydroxyl groups is 1. The zero-order chi connectivity index (χ0) is 20.3. The Labute approximate surface area is 212 Å². The quantitative estimate of drug-likeness (QED) is 0.280. The topological polar surface area (TPSA) is 74.2 Å². The summed E-state index contributed by atoms with van der Waals surface area (Å²) in [5, 5.41) is 11.0. The number of esters is 1. The van der Waals surface area contributed by atoms with E-state index in [4.69, 9.17) is 18.9 Å². The number of ether oxygens (including phenoxy) is 4. The third-order valence-corrected chi connectivity index (χ3v) is 6.39. The predicted molar refractivity (Wildman–Crippen MR) is 106 cm³/mol. The molecule has 0 aliphatic carbocycles. The summed E-state index contributed by atoms with van der Waals surface area (Å²) in [7, 11) is 0. The summed E-state index contributed by atoms with van der Waals surface area (Å²) in [6, 6.07) is 9.74. The van der Waals surface area contributed by atoms with Gasteiger partial charge in [-0.05, 0) is 38.8 Å². The van der Waals surface area contributed by atoms with Crippen molar-refractivity contribution in [2.24, 2.45) is 11.8 Å². The number of carbonyl (C=O) groups is 1. The molecule has 0 bridgehead atoms. The normalized spacial score (nSPS) is 31.8. The first kappa shape index (κ1) is 25.6. The minimum atomic E-state index is -0.711. The Morgan fingerprint density at radius 2 is 2.03 bits per heavy atom. The SMILES string of the molecule is CCOC(=O)CC1OC(C2COC(C)(C)O2)C(C)C1C(O)Sc1ccccc1.[Ac]. The van der Waals surface area contributed by atoms with Gasteiger partial charge in [0.15, 0.2) is 5.79 Å². The van der Waals surface area contributed by atoms with Crippen molar-refractivity contribution in [1.29, 1.82) is 0 Å². The molecule has 8 heteroatoms. The number of carbonyl (C=O) groups excluding carboxylic acids is 1. The van der Waals surface area contributed by atoms with Gasteiger partial charge in [0.1, 0.15) is 11.5 Å². The van der Waals surface area contributed by atoms with Gasteiger partial charge in [-0.15, -0.1) is 0 Å². The van der Waals surface area contributed by atoms with E-state index in [-0.39, 0.29) is 80.5 Å². The number of hydrogen-bond donors (Lipinski definition) is 1. The van der Waals surface area contributed by atoms with Gasteiger partial charge in [-0.2, -0.15) is 0 Å². The molecule has 29 heavy (non-hydrogen) atoms. The van der Waals surface area contributed by atoms with Crippen LogP contribution in [0.15, 0.2) is 35.2 Å². The van der Waals surface area contributed by atoms with Crippen LogP contribution < -0.4 is 0 Å². The van der Waals surface area contributed by atoms with Crippen LogP contribution in [0.4, 0.5) is 0 Å². The van der Waals surface area contributed by atoms with Crippen molar-refractivity contribution in [2.75, 3.05) is 13.2 Å². The van der Waals surface area contributed by atoms with Crippen LogP contribution >= 0.6 is 11.8 Å². The average molecular weight is 638 g/mol. The molecule has 0 spiro atoms. The van der Waals surface area contributed by atoms with Crippen LogP contribution in [0.1, 0.15) is 34.1 Å². The summed E-state index contributed by atoms with van der Waals surface area (Å²) in [5.41, 5.74) is -0.711. The Bertz CT molecular complexity index is 658. The molecule has 2 fully saturated rings. The molecular formula is C21H30AcO6S. The monoisotopic (exact) mass is 637 g/mol. The average Bonchev–Trinajstić information content (AvgIpc) is 3.15. The van der Waals surface area contributed by atoms with E-state index in [1.807, 2.05) is 51.1 Å². The van der Waals surface area contributed by atoms with E-state index in [1.165, 1.54) is 11.8 Å². The summed E-state index contributed by atoms with van der Waals surface area (Å²) in [6.45, 7) is 8.33. The van der Waals surface area contributed by atoms with Crippen molar-refractivity contribution < 1.29 is 72.9 Å². The fraction of sp³-hybridized carbons (Fsp3) is 0.667. The largest absolute Gasteiger partial charge is 0.466 e. The van der Waals surface area contributed by atoms with Crippen molar-refractivity contribution >= 4 is 17.7 Å². The van der Waals surface area contributed by atoms with Crippen LogP contribution in [0.25, 0.3) is 0 Å². The smallest absolute Gasteiger partial charge is 0.308 e. The maximum atomic E-state index is 12.1. The zero-order valence-electron chi connectivity index (χ0n) is 17.4. The Balaban J connectivity index is 0.00000300. The van der Waals surface area contributed by atoms with Crippen molar-refractivity contribution in [3.63, 3.8) is 0 Å². The summed E-state index contributed by atoms with van der Waals surface area (Å²) in [6.07, 6.45) is -0.800. The van der Waals surface area contributed by atoms with Crippen molar-refractivity contribution in [3.05, 3.63) is 30.3 Å². The van der Waals surface area contributed by atoms with Gasteiger partial charge in [0.2, 0.25) is 0 Å². The van der Waals surface area contributed by atoms with Crippen LogP contribution in [-0.4, -0.2) is 53.8 Å². The Morgan fingerprint density at radius 3 is 2.62 bits per heavy atom. The maximum absolute atomic E-state index is 12.1. The number of hydrogen-bond acceptors (Lipinski definition) is 7. The zero-order valence-corrected chi connectivity index (χ0v) is 23.0. The summed E-state index contributed by atoms with van der Waals surface area (Å²) in [5.74, 6) is -1.20. The fourth-order valence-corrected chi connectivity index (χ4v) is 5.18. The predicted octanol–water partition coefficient (Wildman–Crippen LogP) is 3.22. The molecule has 0 aromatic heterocycles. The van der Waals surface area contributed by atoms with Crippen LogP contribution in [-0.2, 0) is 23.7 Å². The minimum absolute atomic E-state index is 0. The van der Waals surface area contributed by atoms with Crippen molar-refractivity contribution in [3.8, 4) is 0 Å². The van der Waals surface area contributed by atoms with Gasteiger partial charge < -0.3 is 24.1 Å². The van der Waals surface area contributed by atoms with E-state index in [1.54, 1.807) is 6.92 Å². The molecule has 2 heterocycles. The summed E-state index contributed by atoms with van der Waals surface area (Å²) in [4.78, 5) is 13.1. The maximum Gasteiger partial charge on any atom is 0.308 e. The van der Waals surface area contributed by atoms with Crippen molar-refractivity contribution in [2.45, 2.75) is 68.5 Å².